The first-order valence-corrected chi connectivity index (χ1v) is 4.83. The van der Waals surface area contributed by atoms with E-state index in [-0.39, 0.29) is 5.75 Å². The summed E-state index contributed by atoms with van der Waals surface area (Å²) in [6, 6.07) is 3.85. The van der Waals surface area contributed by atoms with E-state index >= 15 is 0 Å². The van der Waals surface area contributed by atoms with Crippen LogP contribution in [0.3, 0.4) is 0 Å². The molecule has 0 aromatic heterocycles. The number of methoxy groups -OCH3 is 1. The van der Waals surface area contributed by atoms with Crippen LogP contribution in [0, 0.1) is 5.82 Å². The molecule has 5 heteroatoms. The van der Waals surface area contributed by atoms with Gasteiger partial charge in [-0.05, 0) is 24.6 Å². The molecular weight excluding hydrogens is 213 g/mol. The van der Waals surface area contributed by atoms with Crippen LogP contribution in [0.4, 0.5) is 4.39 Å². The third-order valence-electron chi connectivity index (χ3n) is 2.20. The van der Waals surface area contributed by atoms with E-state index in [1.807, 2.05) is 0 Å². The molecule has 0 heterocycles. The monoisotopic (exact) mass is 227 g/mol. The lowest BCUT2D eigenvalue weighted by atomic mass is 10.2. The lowest BCUT2D eigenvalue weighted by Crippen LogP contribution is -2.33. The number of halogens is 1. The molecule has 0 radical (unpaired) electrons. The number of hydrogen-bond acceptors (Lipinski definition) is 3. The molecule has 88 valence electrons. The molecule has 0 aliphatic rings. The van der Waals surface area contributed by atoms with Crippen molar-refractivity contribution < 1.29 is 19.0 Å². The molecule has 0 aliphatic carbocycles. The average Bonchev–Trinajstić information content (AvgIpc) is 2.25. The summed E-state index contributed by atoms with van der Waals surface area (Å²) in [7, 11) is 1.39. The molecule has 0 fully saturated rings. The van der Waals surface area contributed by atoms with Gasteiger partial charge in [0.25, 0.3) is 0 Å². The van der Waals surface area contributed by atoms with Crippen molar-refractivity contribution in [3.05, 3.63) is 29.6 Å². The zero-order chi connectivity index (χ0) is 12.1. The number of carboxylic acid groups (broad SMARTS) is 1. The first-order chi connectivity index (χ1) is 7.54. The Bertz CT molecular complexity index is 381. The van der Waals surface area contributed by atoms with Gasteiger partial charge in [0.15, 0.2) is 11.6 Å². The average molecular weight is 227 g/mol. The number of carbonyl (C=O) groups is 1. The van der Waals surface area contributed by atoms with Gasteiger partial charge < -0.3 is 15.2 Å². The number of nitrogens with one attached hydrogen (secondary N) is 1. The molecule has 1 aromatic carbocycles. The maximum absolute atomic E-state index is 13.3. The standard InChI is InChI=1S/C11H14FNO3/c1-7(11(14)15)13-6-8-3-4-10(16-2)9(12)5-8/h3-5,7,13H,6H2,1-2H3,(H,14,15). The molecule has 0 bridgehead atoms. The first kappa shape index (κ1) is 12.4. The molecule has 1 atom stereocenters. The maximum Gasteiger partial charge on any atom is 0.320 e. The van der Waals surface area contributed by atoms with E-state index in [1.54, 1.807) is 6.07 Å². The SMILES string of the molecule is COc1ccc(CNC(C)C(=O)O)cc1F. The summed E-state index contributed by atoms with van der Waals surface area (Å²) < 4.78 is 18.0. The highest BCUT2D eigenvalue weighted by Gasteiger charge is 2.10. The van der Waals surface area contributed by atoms with Gasteiger partial charge >= 0.3 is 5.97 Å². The maximum atomic E-state index is 13.3. The second-order valence-electron chi connectivity index (χ2n) is 3.41. The van der Waals surface area contributed by atoms with E-state index in [0.29, 0.717) is 12.1 Å². The molecule has 0 amide bonds. The normalized spacial score (nSPS) is 12.2. The minimum Gasteiger partial charge on any atom is -0.494 e. The number of ether oxygens (including phenoxy) is 1. The van der Waals surface area contributed by atoms with Crippen LogP contribution in [0.1, 0.15) is 12.5 Å². The van der Waals surface area contributed by atoms with Crippen LogP contribution < -0.4 is 10.1 Å². The molecule has 1 rings (SSSR count). The van der Waals surface area contributed by atoms with Crippen LogP contribution in [0.2, 0.25) is 0 Å². The third kappa shape index (κ3) is 3.20. The third-order valence-corrected chi connectivity index (χ3v) is 2.20. The van der Waals surface area contributed by atoms with Crippen molar-refractivity contribution in [2.45, 2.75) is 19.5 Å². The fourth-order valence-corrected chi connectivity index (χ4v) is 1.18. The highest BCUT2D eigenvalue weighted by atomic mass is 19.1. The molecule has 2 N–H and O–H groups in total. The summed E-state index contributed by atoms with van der Waals surface area (Å²) in [4.78, 5) is 10.5. The Morgan fingerprint density at radius 3 is 2.81 bits per heavy atom. The summed E-state index contributed by atoms with van der Waals surface area (Å²) >= 11 is 0. The van der Waals surface area contributed by atoms with Crippen molar-refractivity contribution in [1.29, 1.82) is 0 Å². The van der Waals surface area contributed by atoms with E-state index in [4.69, 9.17) is 9.84 Å². The first-order valence-electron chi connectivity index (χ1n) is 4.83. The van der Waals surface area contributed by atoms with Crippen molar-refractivity contribution >= 4 is 5.97 Å². The molecular formula is C11H14FNO3. The topological polar surface area (TPSA) is 58.6 Å². The van der Waals surface area contributed by atoms with E-state index in [9.17, 15) is 9.18 Å². The summed E-state index contributed by atoms with van der Waals surface area (Å²) in [6.07, 6.45) is 0. The predicted octanol–water partition coefficient (Wildman–Crippen LogP) is 1.40. The molecule has 1 unspecified atom stereocenters. The number of aliphatic carboxylic acids is 1. The van der Waals surface area contributed by atoms with Crippen molar-refractivity contribution in [3.63, 3.8) is 0 Å². The minimum atomic E-state index is -0.936. The number of hydrogen-bond donors (Lipinski definition) is 2. The van der Waals surface area contributed by atoms with Gasteiger partial charge in [-0.25, -0.2) is 4.39 Å². The van der Waals surface area contributed by atoms with Gasteiger partial charge in [-0.15, -0.1) is 0 Å². The molecule has 4 nitrogen and oxygen atoms in total. The van der Waals surface area contributed by atoms with Gasteiger partial charge in [-0.1, -0.05) is 6.07 Å². The van der Waals surface area contributed by atoms with E-state index in [2.05, 4.69) is 5.32 Å². The summed E-state index contributed by atoms with van der Waals surface area (Å²) in [6.45, 7) is 1.83. The lowest BCUT2D eigenvalue weighted by Gasteiger charge is -2.09. The highest BCUT2D eigenvalue weighted by Crippen LogP contribution is 2.17. The molecule has 16 heavy (non-hydrogen) atoms. The van der Waals surface area contributed by atoms with Crippen LogP contribution in [-0.4, -0.2) is 24.2 Å². The Morgan fingerprint density at radius 1 is 1.62 bits per heavy atom. The van der Waals surface area contributed by atoms with E-state index in [0.717, 1.165) is 0 Å². The molecule has 0 aliphatic heterocycles. The number of benzene rings is 1. The van der Waals surface area contributed by atoms with Gasteiger partial charge in [0.1, 0.15) is 6.04 Å². The fourth-order valence-electron chi connectivity index (χ4n) is 1.18. The molecule has 0 spiro atoms. The molecule has 1 aromatic rings. The fraction of sp³-hybridized carbons (Fsp3) is 0.364. The highest BCUT2D eigenvalue weighted by molar-refractivity contribution is 5.72. The Labute approximate surface area is 93.0 Å². The second-order valence-corrected chi connectivity index (χ2v) is 3.41. The van der Waals surface area contributed by atoms with Crippen molar-refractivity contribution in [1.82, 2.24) is 5.32 Å². The minimum absolute atomic E-state index is 0.176. The van der Waals surface area contributed by atoms with Crippen molar-refractivity contribution in [3.8, 4) is 5.75 Å². The van der Waals surface area contributed by atoms with Gasteiger partial charge in [0.05, 0.1) is 7.11 Å². The van der Waals surface area contributed by atoms with Crippen LogP contribution in [0.15, 0.2) is 18.2 Å². The smallest absolute Gasteiger partial charge is 0.320 e. The molecule has 0 saturated carbocycles. The Balaban J connectivity index is 2.62. The van der Waals surface area contributed by atoms with Crippen LogP contribution in [0.5, 0.6) is 5.75 Å². The van der Waals surface area contributed by atoms with Crippen molar-refractivity contribution in [2.24, 2.45) is 0 Å². The van der Waals surface area contributed by atoms with Gasteiger partial charge in [-0.3, -0.25) is 4.79 Å². The largest absolute Gasteiger partial charge is 0.494 e. The summed E-state index contributed by atoms with van der Waals surface area (Å²) in [5.74, 6) is -1.21. The zero-order valence-electron chi connectivity index (χ0n) is 9.16. The van der Waals surface area contributed by atoms with Gasteiger partial charge in [0, 0.05) is 6.54 Å². The number of rotatable bonds is 5. The zero-order valence-corrected chi connectivity index (χ0v) is 9.16. The Morgan fingerprint density at radius 2 is 2.31 bits per heavy atom. The van der Waals surface area contributed by atoms with Crippen LogP contribution in [0.25, 0.3) is 0 Å². The van der Waals surface area contributed by atoms with Crippen LogP contribution >= 0.6 is 0 Å². The van der Waals surface area contributed by atoms with E-state index < -0.39 is 17.8 Å². The van der Waals surface area contributed by atoms with Crippen molar-refractivity contribution in [2.75, 3.05) is 7.11 Å². The number of carboxylic acids is 1. The van der Waals surface area contributed by atoms with Gasteiger partial charge in [0.2, 0.25) is 0 Å². The summed E-state index contributed by atoms with van der Waals surface area (Å²) in [5, 5.41) is 11.4. The van der Waals surface area contributed by atoms with Gasteiger partial charge in [-0.2, -0.15) is 0 Å². The van der Waals surface area contributed by atoms with Crippen LogP contribution in [-0.2, 0) is 11.3 Å². The Kier molecular flexibility index (Phi) is 4.25. The predicted molar refractivity (Wildman–Crippen MR) is 56.9 cm³/mol. The lowest BCUT2D eigenvalue weighted by molar-refractivity contribution is -0.139. The van der Waals surface area contributed by atoms with E-state index in [1.165, 1.54) is 26.2 Å². The quantitative estimate of drug-likeness (QED) is 0.798. The molecule has 0 saturated heterocycles. The summed E-state index contributed by atoms with van der Waals surface area (Å²) in [5.41, 5.74) is 0.673. The Hall–Kier alpha value is -1.62. The second kappa shape index (κ2) is 5.46.